The SMILES string of the molecule is CCNC(=NCc1ccc(OC)c(Br)c1)NCCCCSC.I. The molecule has 1 rings (SSSR count). The molecule has 7 heteroatoms. The number of methoxy groups -OCH3 is 1. The lowest BCUT2D eigenvalue weighted by molar-refractivity contribution is 0.412. The second-order valence-electron chi connectivity index (χ2n) is 4.79. The van der Waals surface area contributed by atoms with E-state index in [0.717, 1.165) is 34.8 Å². The van der Waals surface area contributed by atoms with Gasteiger partial charge < -0.3 is 15.4 Å². The van der Waals surface area contributed by atoms with Gasteiger partial charge in [0, 0.05) is 13.1 Å². The topological polar surface area (TPSA) is 45.7 Å². The van der Waals surface area contributed by atoms with Crippen LogP contribution in [0.1, 0.15) is 25.3 Å². The summed E-state index contributed by atoms with van der Waals surface area (Å²) in [6.07, 6.45) is 4.55. The quantitative estimate of drug-likeness (QED) is 0.223. The van der Waals surface area contributed by atoms with Gasteiger partial charge >= 0.3 is 0 Å². The molecule has 0 bridgehead atoms. The highest BCUT2D eigenvalue weighted by Gasteiger charge is 2.02. The Balaban J connectivity index is 0.00000484. The fraction of sp³-hybridized carbons (Fsp3) is 0.562. The second-order valence-corrected chi connectivity index (χ2v) is 6.63. The molecule has 0 aliphatic carbocycles. The number of aliphatic imine (C=N–C) groups is 1. The zero-order valence-corrected chi connectivity index (χ0v) is 18.8. The van der Waals surface area contributed by atoms with E-state index in [1.165, 1.54) is 18.6 Å². The number of hydrogen-bond acceptors (Lipinski definition) is 3. The molecule has 132 valence electrons. The zero-order valence-electron chi connectivity index (χ0n) is 14.0. The first-order valence-electron chi connectivity index (χ1n) is 7.54. The van der Waals surface area contributed by atoms with E-state index in [1.807, 2.05) is 30.0 Å². The van der Waals surface area contributed by atoms with Gasteiger partial charge in [0.15, 0.2) is 5.96 Å². The van der Waals surface area contributed by atoms with Crippen molar-refractivity contribution < 1.29 is 4.74 Å². The molecule has 0 aliphatic heterocycles. The summed E-state index contributed by atoms with van der Waals surface area (Å²) in [5.74, 6) is 2.93. The Morgan fingerprint density at radius 1 is 1.30 bits per heavy atom. The van der Waals surface area contributed by atoms with E-state index in [0.29, 0.717) is 6.54 Å². The van der Waals surface area contributed by atoms with Crippen LogP contribution in [0.25, 0.3) is 0 Å². The van der Waals surface area contributed by atoms with Crippen LogP contribution in [0.3, 0.4) is 0 Å². The van der Waals surface area contributed by atoms with Crippen LogP contribution in [0, 0.1) is 0 Å². The predicted octanol–water partition coefficient (Wildman–Crippen LogP) is 4.27. The molecule has 0 heterocycles. The fourth-order valence-corrected chi connectivity index (χ4v) is 2.98. The number of hydrogen-bond donors (Lipinski definition) is 2. The smallest absolute Gasteiger partial charge is 0.191 e. The van der Waals surface area contributed by atoms with Gasteiger partial charge in [-0.2, -0.15) is 11.8 Å². The van der Waals surface area contributed by atoms with Crippen LogP contribution in [-0.2, 0) is 6.54 Å². The molecule has 0 aliphatic rings. The van der Waals surface area contributed by atoms with Crippen molar-refractivity contribution in [3.05, 3.63) is 28.2 Å². The van der Waals surface area contributed by atoms with Crippen LogP contribution in [0.4, 0.5) is 0 Å². The van der Waals surface area contributed by atoms with Gasteiger partial charge in [0.2, 0.25) is 0 Å². The van der Waals surface area contributed by atoms with Crippen molar-refractivity contribution in [1.29, 1.82) is 0 Å². The first-order chi connectivity index (χ1) is 10.7. The molecule has 0 spiro atoms. The molecule has 23 heavy (non-hydrogen) atoms. The van der Waals surface area contributed by atoms with Crippen LogP contribution in [0.2, 0.25) is 0 Å². The van der Waals surface area contributed by atoms with Crippen LogP contribution in [0.15, 0.2) is 27.7 Å². The summed E-state index contributed by atoms with van der Waals surface area (Å²) in [5, 5.41) is 6.66. The van der Waals surface area contributed by atoms with E-state index in [-0.39, 0.29) is 24.0 Å². The molecule has 0 saturated heterocycles. The first-order valence-corrected chi connectivity index (χ1v) is 9.73. The van der Waals surface area contributed by atoms with Gasteiger partial charge in [-0.3, -0.25) is 0 Å². The maximum atomic E-state index is 5.24. The molecule has 0 unspecified atom stereocenters. The molecular formula is C16H27BrIN3OS. The summed E-state index contributed by atoms with van der Waals surface area (Å²) in [7, 11) is 1.67. The minimum absolute atomic E-state index is 0. The zero-order chi connectivity index (χ0) is 16.2. The lowest BCUT2D eigenvalue weighted by Gasteiger charge is -2.11. The van der Waals surface area contributed by atoms with Crippen LogP contribution in [-0.4, -0.2) is 38.2 Å². The molecule has 0 amide bonds. The van der Waals surface area contributed by atoms with E-state index >= 15 is 0 Å². The van der Waals surface area contributed by atoms with Gasteiger partial charge in [-0.05, 0) is 65.4 Å². The Kier molecular flexibility index (Phi) is 14.1. The van der Waals surface area contributed by atoms with E-state index in [4.69, 9.17) is 4.74 Å². The van der Waals surface area contributed by atoms with Gasteiger partial charge in [0.1, 0.15) is 5.75 Å². The summed E-state index contributed by atoms with van der Waals surface area (Å²) in [6, 6.07) is 6.04. The largest absolute Gasteiger partial charge is 0.496 e. The van der Waals surface area contributed by atoms with Gasteiger partial charge in [-0.15, -0.1) is 24.0 Å². The molecular weight excluding hydrogens is 489 g/mol. The Morgan fingerprint density at radius 3 is 2.70 bits per heavy atom. The van der Waals surface area contributed by atoms with E-state index in [2.05, 4.69) is 44.7 Å². The Labute approximate surface area is 169 Å². The van der Waals surface area contributed by atoms with Gasteiger partial charge in [-0.25, -0.2) is 4.99 Å². The molecule has 1 aromatic rings. The number of halogens is 2. The third-order valence-electron chi connectivity index (χ3n) is 3.05. The van der Waals surface area contributed by atoms with Crippen molar-refractivity contribution in [3.63, 3.8) is 0 Å². The Bertz CT molecular complexity index is 475. The van der Waals surface area contributed by atoms with Crippen molar-refractivity contribution in [2.75, 3.05) is 32.2 Å². The third kappa shape index (κ3) is 9.66. The number of ether oxygens (including phenoxy) is 1. The standard InChI is InChI=1S/C16H26BrN3OS.HI/c1-4-18-16(19-9-5-6-10-22-3)20-12-13-7-8-15(21-2)14(17)11-13;/h7-8,11H,4-6,9-10,12H2,1-3H3,(H2,18,19,20);1H. The second kappa shape index (κ2) is 14.2. The van der Waals surface area contributed by atoms with E-state index in [9.17, 15) is 0 Å². The van der Waals surface area contributed by atoms with Gasteiger partial charge in [-0.1, -0.05) is 6.07 Å². The van der Waals surface area contributed by atoms with Crippen molar-refractivity contribution >= 4 is 57.6 Å². The molecule has 2 N–H and O–H groups in total. The number of unbranched alkanes of at least 4 members (excludes halogenated alkanes) is 1. The summed E-state index contributed by atoms with van der Waals surface area (Å²) < 4.78 is 6.20. The average molecular weight is 516 g/mol. The highest BCUT2D eigenvalue weighted by Crippen LogP contribution is 2.25. The fourth-order valence-electron chi connectivity index (χ4n) is 1.90. The van der Waals surface area contributed by atoms with E-state index < -0.39 is 0 Å². The Hall–Kier alpha value is -0.150. The summed E-state index contributed by atoms with van der Waals surface area (Å²) in [4.78, 5) is 4.63. The highest BCUT2D eigenvalue weighted by molar-refractivity contribution is 14.0. The Morgan fingerprint density at radius 2 is 2.09 bits per heavy atom. The van der Waals surface area contributed by atoms with Gasteiger partial charge in [0.05, 0.1) is 18.1 Å². The minimum atomic E-state index is 0. The number of thioether (sulfide) groups is 1. The highest BCUT2D eigenvalue weighted by atomic mass is 127. The minimum Gasteiger partial charge on any atom is -0.496 e. The van der Waals surface area contributed by atoms with Gasteiger partial charge in [0.25, 0.3) is 0 Å². The number of nitrogens with zero attached hydrogens (tertiary/aromatic N) is 1. The summed E-state index contributed by atoms with van der Waals surface area (Å²) in [5.41, 5.74) is 1.15. The maximum absolute atomic E-state index is 5.24. The normalized spacial score (nSPS) is 10.9. The summed E-state index contributed by atoms with van der Waals surface area (Å²) >= 11 is 5.40. The average Bonchev–Trinajstić information content (AvgIpc) is 2.52. The van der Waals surface area contributed by atoms with Crippen LogP contribution < -0.4 is 15.4 Å². The molecule has 0 fully saturated rings. The molecule has 0 radical (unpaired) electrons. The predicted molar refractivity (Wildman–Crippen MR) is 117 cm³/mol. The van der Waals surface area contributed by atoms with Crippen LogP contribution >= 0.6 is 51.7 Å². The maximum Gasteiger partial charge on any atom is 0.191 e. The monoisotopic (exact) mass is 515 g/mol. The van der Waals surface area contributed by atoms with Crippen molar-refractivity contribution in [2.45, 2.75) is 26.3 Å². The summed E-state index contributed by atoms with van der Waals surface area (Å²) in [6.45, 7) is 4.54. The molecule has 0 atom stereocenters. The number of rotatable bonds is 9. The van der Waals surface area contributed by atoms with Crippen molar-refractivity contribution in [1.82, 2.24) is 10.6 Å². The van der Waals surface area contributed by atoms with E-state index in [1.54, 1.807) is 7.11 Å². The number of nitrogens with one attached hydrogen (secondary N) is 2. The number of benzene rings is 1. The lowest BCUT2D eigenvalue weighted by atomic mass is 10.2. The molecule has 1 aromatic carbocycles. The first kappa shape index (κ1) is 22.9. The van der Waals surface area contributed by atoms with Crippen molar-refractivity contribution in [2.24, 2.45) is 4.99 Å². The molecule has 0 saturated carbocycles. The molecule has 0 aromatic heterocycles. The molecule has 4 nitrogen and oxygen atoms in total. The third-order valence-corrected chi connectivity index (χ3v) is 4.36. The van der Waals surface area contributed by atoms with Crippen LogP contribution in [0.5, 0.6) is 5.75 Å². The number of guanidine groups is 1. The van der Waals surface area contributed by atoms with Crippen molar-refractivity contribution in [3.8, 4) is 5.75 Å². The lowest BCUT2D eigenvalue weighted by Crippen LogP contribution is -2.37.